The molecule has 8 nitrogen and oxygen atoms in total. The summed E-state index contributed by atoms with van der Waals surface area (Å²) in [4.78, 5) is 8.42. The van der Waals surface area contributed by atoms with Gasteiger partial charge in [0.25, 0.3) is 5.89 Å². The predicted octanol–water partition coefficient (Wildman–Crippen LogP) is 4.18. The number of benzene rings is 2. The third kappa shape index (κ3) is 2.28. The van der Waals surface area contributed by atoms with E-state index in [-0.39, 0.29) is 28.4 Å². The van der Waals surface area contributed by atoms with Crippen LogP contribution in [0.5, 0.6) is 0 Å². The second kappa shape index (κ2) is 6.04. The van der Waals surface area contributed by atoms with E-state index >= 15 is 0 Å². The van der Waals surface area contributed by atoms with Crippen LogP contribution in [-0.4, -0.2) is 34.1 Å². The van der Waals surface area contributed by atoms with E-state index in [0.29, 0.717) is 11.3 Å². The first kappa shape index (κ1) is 17.0. The van der Waals surface area contributed by atoms with E-state index in [2.05, 4.69) is 25.3 Å². The molecule has 6 rings (SSSR count). The van der Waals surface area contributed by atoms with Crippen LogP contribution in [0.2, 0.25) is 5.28 Å². The zero-order chi connectivity index (χ0) is 20.4. The lowest BCUT2D eigenvalue weighted by atomic mass is 10.2. The Labute approximate surface area is 170 Å². The minimum Gasteiger partial charge on any atom is -0.333 e. The molecule has 0 aliphatic carbocycles. The lowest BCUT2D eigenvalue weighted by molar-refractivity contribution is 0.429. The quantitative estimate of drug-likeness (QED) is 0.415. The standard InChI is InChI=1S/C19H8ClF2N7O/c20-19-23-8-14-28(19)13-4-2-1-3-11(13)16-25-26-17(29(14)16)15-24-18(30-27-15)10-6-5-9(21)7-12(10)22/h1-8H. The monoisotopic (exact) mass is 423 g/mol. The highest BCUT2D eigenvalue weighted by Gasteiger charge is 2.22. The van der Waals surface area contributed by atoms with Gasteiger partial charge in [-0.15, -0.1) is 10.2 Å². The van der Waals surface area contributed by atoms with Gasteiger partial charge in [-0.25, -0.2) is 13.8 Å². The van der Waals surface area contributed by atoms with Gasteiger partial charge in [0.2, 0.25) is 16.9 Å². The Balaban J connectivity index is 1.63. The first-order chi connectivity index (χ1) is 14.6. The van der Waals surface area contributed by atoms with Crippen molar-refractivity contribution in [3.05, 3.63) is 65.6 Å². The summed E-state index contributed by atoms with van der Waals surface area (Å²) in [6, 6.07) is 10.6. The molecule has 0 saturated heterocycles. The summed E-state index contributed by atoms with van der Waals surface area (Å²) in [5.74, 6) is -1.29. The molecular formula is C19H8ClF2N7O. The molecule has 146 valence electrons. The van der Waals surface area contributed by atoms with Gasteiger partial charge in [0.15, 0.2) is 5.65 Å². The first-order valence-electron chi connectivity index (χ1n) is 8.70. The van der Waals surface area contributed by atoms with Gasteiger partial charge in [-0.2, -0.15) is 4.98 Å². The third-order valence-electron chi connectivity index (χ3n) is 4.77. The molecule has 0 N–H and O–H groups in total. The maximum atomic E-state index is 14.1. The van der Waals surface area contributed by atoms with Crippen molar-refractivity contribution < 1.29 is 13.3 Å². The molecule has 0 radical (unpaired) electrons. The average molecular weight is 424 g/mol. The zero-order valence-corrected chi connectivity index (χ0v) is 15.5. The normalized spacial score (nSPS) is 11.8. The molecule has 0 aliphatic heterocycles. The fourth-order valence-corrected chi connectivity index (χ4v) is 3.69. The van der Waals surface area contributed by atoms with Crippen LogP contribution in [-0.2, 0) is 0 Å². The van der Waals surface area contributed by atoms with Crippen LogP contribution in [0.3, 0.4) is 0 Å². The molecule has 0 unspecified atom stereocenters. The molecule has 0 aliphatic rings. The molecule has 0 fully saturated rings. The van der Waals surface area contributed by atoms with Crippen LogP contribution in [0.15, 0.2) is 53.2 Å². The minimum atomic E-state index is -0.813. The lowest BCUT2D eigenvalue weighted by Gasteiger charge is -2.06. The van der Waals surface area contributed by atoms with Crippen LogP contribution in [0.25, 0.3) is 45.3 Å². The van der Waals surface area contributed by atoms with Gasteiger partial charge < -0.3 is 4.52 Å². The third-order valence-corrected chi connectivity index (χ3v) is 5.03. The molecule has 0 atom stereocenters. The van der Waals surface area contributed by atoms with Gasteiger partial charge in [-0.05, 0) is 35.9 Å². The Morgan fingerprint density at radius 2 is 1.87 bits per heavy atom. The summed E-state index contributed by atoms with van der Waals surface area (Å²) >= 11 is 6.31. The first-order valence-corrected chi connectivity index (χ1v) is 9.08. The highest BCUT2D eigenvalue weighted by atomic mass is 35.5. The van der Waals surface area contributed by atoms with E-state index in [1.165, 1.54) is 6.07 Å². The number of para-hydroxylation sites is 1. The van der Waals surface area contributed by atoms with Crippen molar-refractivity contribution in [2.45, 2.75) is 0 Å². The molecule has 6 aromatic rings. The SMILES string of the molecule is Fc1ccc(-c2nc(-c3nnc4c5ccccc5n5c(Cl)ncc5n34)no2)c(F)c1. The second-order valence-corrected chi connectivity index (χ2v) is 6.81. The van der Waals surface area contributed by atoms with Crippen LogP contribution in [0.4, 0.5) is 8.78 Å². The van der Waals surface area contributed by atoms with E-state index in [1.807, 2.05) is 24.3 Å². The highest BCUT2D eigenvalue weighted by Crippen LogP contribution is 2.29. The van der Waals surface area contributed by atoms with E-state index in [4.69, 9.17) is 16.1 Å². The van der Waals surface area contributed by atoms with E-state index < -0.39 is 11.6 Å². The van der Waals surface area contributed by atoms with Crippen LogP contribution >= 0.6 is 11.6 Å². The number of imidazole rings is 1. The molecule has 4 heterocycles. The zero-order valence-electron chi connectivity index (χ0n) is 14.8. The highest BCUT2D eigenvalue weighted by molar-refractivity contribution is 6.29. The van der Waals surface area contributed by atoms with Crippen molar-refractivity contribution >= 4 is 33.8 Å². The number of halogens is 3. The number of aromatic nitrogens is 7. The Kier molecular flexibility index (Phi) is 3.42. The maximum absolute atomic E-state index is 14.1. The van der Waals surface area contributed by atoms with Gasteiger partial charge in [-0.1, -0.05) is 17.3 Å². The Hall–Kier alpha value is -3.92. The topological polar surface area (TPSA) is 86.4 Å². The molecule has 0 spiro atoms. The minimum absolute atomic E-state index is 0.0213. The Bertz CT molecular complexity index is 1600. The fraction of sp³-hybridized carbons (Fsp3) is 0. The number of hydrogen-bond donors (Lipinski definition) is 0. The molecule has 0 amide bonds. The second-order valence-electron chi connectivity index (χ2n) is 6.47. The number of fused-ring (bicyclic) bond motifs is 6. The van der Waals surface area contributed by atoms with Crippen LogP contribution < -0.4 is 0 Å². The summed E-state index contributed by atoms with van der Waals surface area (Å²) in [5, 5.41) is 13.5. The van der Waals surface area contributed by atoms with Gasteiger partial charge in [0.1, 0.15) is 17.3 Å². The largest absolute Gasteiger partial charge is 0.333 e. The van der Waals surface area contributed by atoms with Gasteiger partial charge in [0, 0.05) is 11.5 Å². The van der Waals surface area contributed by atoms with Gasteiger partial charge in [0.05, 0.1) is 17.3 Å². The molecule has 11 heteroatoms. The molecule has 0 bridgehead atoms. The van der Waals surface area contributed by atoms with Crippen LogP contribution in [0, 0.1) is 11.6 Å². The van der Waals surface area contributed by atoms with Crippen molar-refractivity contribution in [2.24, 2.45) is 0 Å². The molecule has 4 aromatic heterocycles. The van der Waals surface area contributed by atoms with Gasteiger partial charge >= 0.3 is 0 Å². The smallest absolute Gasteiger partial charge is 0.261 e. The predicted molar refractivity (Wildman–Crippen MR) is 103 cm³/mol. The van der Waals surface area contributed by atoms with Crippen molar-refractivity contribution in [1.29, 1.82) is 0 Å². The number of rotatable bonds is 2. The van der Waals surface area contributed by atoms with Crippen molar-refractivity contribution in [1.82, 2.24) is 34.1 Å². The molecule has 2 aromatic carbocycles. The van der Waals surface area contributed by atoms with Gasteiger partial charge in [-0.3, -0.25) is 8.80 Å². The lowest BCUT2D eigenvalue weighted by Crippen LogP contribution is -1.99. The summed E-state index contributed by atoms with van der Waals surface area (Å²) in [6.45, 7) is 0. The van der Waals surface area contributed by atoms with Crippen LogP contribution in [0.1, 0.15) is 0 Å². The van der Waals surface area contributed by atoms with E-state index in [1.54, 1.807) is 15.0 Å². The summed E-state index contributed by atoms with van der Waals surface area (Å²) < 4.78 is 35.9. The van der Waals surface area contributed by atoms with E-state index in [9.17, 15) is 8.78 Å². The summed E-state index contributed by atoms with van der Waals surface area (Å²) in [5.41, 5.74) is 1.92. The van der Waals surface area contributed by atoms with Crippen molar-refractivity contribution in [3.63, 3.8) is 0 Å². The van der Waals surface area contributed by atoms with Crippen molar-refractivity contribution in [3.8, 4) is 23.1 Å². The number of nitrogens with zero attached hydrogens (tertiary/aromatic N) is 7. The summed E-state index contributed by atoms with van der Waals surface area (Å²) in [7, 11) is 0. The van der Waals surface area contributed by atoms with Crippen molar-refractivity contribution in [2.75, 3.05) is 0 Å². The molecule has 30 heavy (non-hydrogen) atoms. The van der Waals surface area contributed by atoms with E-state index in [0.717, 1.165) is 23.0 Å². The summed E-state index contributed by atoms with van der Waals surface area (Å²) in [6.07, 6.45) is 1.58. The maximum Gasteiger partial charge on any atom is 0.261 e. The average Bonchev–Trinajstić information content (AvgIpc) is 3.46. The fourth-order valence-electron chi connectivity index (χ4n) is 3.47. The Morgan fingerprint density at radius 1 is 1.00 bits per heavy atom. The Morgan fingerprint density at radius 3 is 2.73 bits per heavy atom. The molecule has 0 saturated carbocycles. The number of hydrogen-bond acceptors (Lipinski definition) is 6. The molecular weight excluding hydrogens is 416 g/mol.